The van der Waals surface area contributed by atoms with Gasteiger partial charge in [0.2, 0.25) is 5.91 Å². The molecule has 1 amide bonds. The molecule has 16 heavy (non-hydrogen) atoms. The molecule has 2 atom stereocenters. The molecule has 0 radical (unpaired) electrons. The zero-order valence-corrected chi connectivity index (χ0v) is 9.52. The maximum atomic E-state index is 12.1. The first-order chi connectivity index (χ1) is 7.68. The van der Waals surface area contributed by atoms with Crippen LogP contribution >= 0.6 is 0 Å². The number of piperidine rings is 1. The van der Waals surface area contributed by atoms with E-state index in [1.165, 1.54) is 6.42 Å². The summed E-state index contributed by atoms with van der Waals surface area (Å²) in [5.74, 6) is -0.865. The van der Waals surface area contributed by atoms with Gasteiger partial charge in [0.1, 0.15) is 0 Å². The minimum absolute atomic E-state index is 0.0285. The van der Waals surface area contributed by atoms with E-state index in [4.69, 9.17) is 5.11 Å². The lowest BCUT2D eigenvalue weighted by Gasteiger charge is -2.29. The normalized spacial score (nSPS) is 30.4. The monoisotopic (exact) mass is 225 g/mol. The highest BCUT2D eigenvalue weighted by Gasteiger charge is 2.35. The van der Waals surface area contributed by atoms with Crippen molar-refractivity contribution in [2.45, 2.75) is 38.5 Å². The van der Waals surface area contributed by atoms with Gasteiger partial charge in [-0.15, -0.1) is 0 Å². The largest absolute Gasteiger partial charge is 0.481 e. The standard InChI is InChI=1S/C12H19NO3/c14-11(13-6-2-1-3-7-13)9-4-5-10(8-9)12(15)16/h9-10H,1-8H2,(H,15,16)/t9-,10+/m0/s1. The quantitative estimate of drug-likeness (QED) is 0.774. The van der Waals surface area contributed by atoms with Crippen LogP contribution in [0.4, 0.5) is 0 Å². The summed E-state index contributed by atoms with van der Waals surface area (Å²) in [6.07, 6.45) is 5.38. The van der Waals surface area contributed by atoms with Crippen LogP contribution < -0.4 is 0 Å². The lowest BCUT2D eigenvalue weighted by molar-refractivity contribution is -0.141. The molecule has 2 aliphatic rings. The Morgan fingerprint density at radius 2 is 1.62 bits per heavy atom. The van der Waals surface area contributed by atoms with Crippen molar-refractivity contribution in [2.24, 2.45) is 11.8 Å². The molecule has 1 N–H and O–H groups in total. The molecular formula is C12H19NO3. The van der Waals surface area contributed by atoms with E-state index in [0.717, 1.165) is 32.4 Å². The van der Waals surface area contributed by atoms with Gasteiger partial charge in [0, 0.05) is 19.0 Å². The summed E-state index contributed by atoms with van der Waals surface area (Å²) in [4.78, 5) is 24.9. The second kappa shape index (κ2) is 4.85. The molecule has 1 saturated carbocycles. The van der Waals surface area contributed by atoms with Crippen LogP contribution in [0, 0.1) is 11.8 Å². The van der Waals surface area contributed by atoms with E-state index in [-0.39, 0.29) is 17.7 Å². The number of hydrogen-bond donors (Lipinski definition) is 1. The third kappa shape index (κ3) is 2.36. The molecule has 4 heteroatoms. The summed E-state index contributed by atoms with van der Waals surface area (Å²) in [5, 5.41) is 8.90. The van der Waals surface area contributed by atoms with Crippen LogP contribution in [0.1, 0.15) is 38.5 Å². The molecule has 2 rings (SSSR count). The lowest BCUT2D eigenvalue weighted by atomic mass is 10.0. The van der Waals surface area contributed by atoms with E-state index in [1.807, 2.05) is 4.90 Å². The first-order valence-corrected chi connectivity index (χ1v) is 6.20. The highest BCUT2D eigenvalue weighted by Crippen LogP contribution is 2.32. The highest BCUT2D eigenvalue weighted by atomic mass is 16.4. The van der Waals surface area contributed by atoms with Crippen molar-refractivity contribution < 1.29 is 14.7 Å². The van der Waals surface area contributed by atoms with Crippen LogP contribution in [-0.4, -0.2) is 35.0 Å². The van der Waals surface area contributed by atoms with Crippen LogP contribution in [0.25, 0.3) is 0 Å². The molecule has 0 spiro atoms. The second-order valence-electron chi connectivity index (χ2n) is 4.93. The fourth-order valence-corrected chi connectivity index (χ4v) is 2.80. The molecule has 1 aliphatic carbocycles. The van der Waals surface area contributed by atoms with Gasteiger partial charge in [0.25, 0.3) is 0 Å². The Balaban J connectivity index is 1.88. The van der Waals surface area contributed by atoms with Crippen molar-refractivity contribution in [3.05, 3.63) is 0 Å². The van der Waals surface area contributed by atoms with Gasteiger partial charge in [0.15, 0.2) is 0 Å². The summed E-state index contributed by atoms with van der Waals surface area (Å²) in [6, 6.07) is 0. The fraction of sp³-hybridized carbons (Fsp3) is 0.833. The first kappa shape index (κ1) is 11.4. The van der Waals surface area contributed by atoms with Crippen LogP contribution in [0.3, 0.4) is 0 Å². The summed E-state index contributed by atoms with van der Waals surface area (Å²) < 4.78 is 0. The number of aliphatic carboxylic acids is 1. The fourth-order valence-electron chi connectivity index (χ4n) is 2.80. The lowest BCUT2D eigenvalue weighted by Crippen LogP contribution is -2.39. The molecule has 90 valence electrons. The number of carboxylic acid groups (broad SMARTS) is 1. The number of likely N-dealkylation sites (tertiary alicyclic amines) is 1. The van der Waals surface area contributed by atoms with Gasteiger partial charge < -0.3 is 10.0 Å². The second-order valence-corrected chi connectivity index (χ2v) is 4.93. The van der Waals surface area contributed by atoms with Crippen LogP contribution in [0.2, 0.25) is 0 Å². The Bertz CT molecular complexity index is 284. The van der Waals surface area contributed by atoms with Crippen molar-refractivity contribution in [1.82, 2.24) is 4.90 Å². The van der Waals surface area contributed by atoms with E-state index in [0.29, 0.717) is 12.8 Å². The summed E-state index contributed by atoms with van der Waals surface area (Å²) in [6.45, 7) is 1.74. The molecule has 4 nitrogen and oxygen atoms in total. The Morgan fingerprint density at radius 3 is 2.19 bits per heavy atom. The third-order valence-electron chi connectivity index (χ3n) is 3.80. The molecule has 0 unspecified atom stereocenters. The van der Waals surface area contributed by atoms with Crippen molar-refractivity contribution in [3.8, 4) is 0 Å². The van der Waals surface area contributed by atoms with Gasteiger partial charge in [-0.3, -0.25) is 9.59 Å². The van der Waals surface area contributed by atoms with E-state index >= 15 is 0 Å². The number of hydrogen-bond acceptors (Lipinski definition) is 2. The average Bonchev–Trinajstić information content (AvgIpc) is 2.78. The number of rotatable bonds is 2. The topological polar surface area (TPSA) is 57.6 Å². The highest BCUT2D eigenvalue weighted by molar-refractivity contribution is 5.81. The summed E-state index contributed by atoms with van der Waals surface area (Å²) in [7, 11) is 0. The summed E-state index contributed by atoms with van der Waals surface area (Å²) in [5.41, 5.74) is 0. The third-order valence-corrected chi connectivity index (χ3v) is 3.80. The van der Waals surface area contributed by atoms with Gasteiger partial charge in [-0.25, -0.2) is 0 Å². The van der Waals surface area contributed by atoms with Crippen molar-refractivity contribution in [3.63, 3.8) is 0 Å². The molecule has 0 aromatic rings. The van der Waals surface area contributed by atoms with Gasteiger partial charge >= 0.3 is 5.97 Å². The number of carbonyl (C=O) groups excluding carboxylic acids is 1. The van der Waals surface area contributed by atoms with Crippen LogP contribution in [-0.2, 0) is 9.59 Å². The van der Waals surface area contributed by atoms with Gasteiger partial charge in [0.05, 0.1) is 5.92 Å². The maximum Gasteiger partial charge on any atom is 0.306 e. The molecular weight excluding hydrogens is 206 g/mol. The van der Waals surface area contributed by atoms with Crippen molar-refractivity contribution in [1.29, 1.82) is 0 Å². The van der Waals surface area contributed by atoms with Crippen LogP contribution in [0.5, 0.6) is 0 Å². The molecule has 2 fully saturated rings. The van der Waals surface area contributed by atoms with Crippen molar-refractivity contribution in [2.75, 3.05) is 13.1 Å². The van der Waals surface area contributed by atoms with Crippen molar-refractivity contribution >= 4 is 11.9 Å². The SMILES string of the molecule is O=C(O)[C@@H]1CC[C@H](C(=O)N2CCCCC2)C1. The minimum atomic E-state index is -0.742. The molecule has 1 aliphatic heterocycles. The molecule has 1 saturated heterocycles. The summed E-state index contributed by atoms with van der Waals surface area (Å²) >= 11 is 0. The molecule has 0 bridgehead atoms. The zero-order chi connectivity index (χ0) is 11.5. The first-order valence-electron chi connectivity index (χ1n) is 6.20. The Labute approximate surface area is 95.6 Å². The molecule has 1 heterocycles. The number of carbonyl (C=O) groups is 2. The smallest absolute Gasteiger partial charge is 0.306 e. The van der Waals surface area contributed by atoms with E-state index < -0.39 is 5.97 Å². The van der Waals surface area contributed by atoms with Crippen LogP contribution in [0.15, 0.2) is 0 Å². The molecule has 0 aromatic heterocycles. The Kier molecular flexibility index (Phi) is 3.46. The average molecular weight is 225 g/mol. The van der Waals surface area contributed by atoms with Gasteiger partial charge in [-0.1, -0.05) is 0 Å². The predicted octanol–water partition coefficient (Wildman–Crippen LogP) is 1.50. The number of amides is 1. The number of nitrogens with zero attached hydrogens (tertiary/aromatic N) is 1. The molecule has 0 aromatic carbocycles. The number of carboxylic acids is 1. The van der Waals surface area contributed by atoms with Gasteiger partial charge in [-0.05, 0) is 38.5 Å². The minimum Gasteiger partial charge on any atom is -0.481 e. The van der Waals surface area contributed by atoms with E-state index in [2.05, 4.69) is 0 Å². The Hall–Kier alpha value is -1.06. The van der Waals surface area contributed by atoms with Gasteiger partial charge in [-0.2, -0.15) is 0 Å². The predicted molar refractivity (Wildman–Crippen MR) is 58.9 cm³/mol. The Morgan fingerprint density at radius 1 is 1.00 bits per heavy atom. The van der Waals surface area contributed by atoms with E-state index in [9.17, 15) is 9.59 Å². The zero-order valence-electron chi connectivity index (χ0n) is 9.52. The van der Waals surface area contributed by atoms with E-state index in [1.54, 1.807) is 0 Å². The maximum absolute atomic E-state index is 12.1.